The van der Waals surface area contributed by atoms with Crippen LogP contribution in [0.3, 0.4) is 0 Å². The third-order valence-corrected chi connectivity index (χ3v) is 2.85. The molecule has 0 aliphatic heterocycles. The average molecular weight is 219 g/mol. The summed E-state index contributed by atoms with van der Waals surface area (Å²) >= 11 is 5.50. The molecule has 1 rings (SSSR count). The summed E-state index contributed by atoms with van der Waals surface area (Å²) in [4.78, 5) is 7.18. The number of hydrogen-bond donors (Lipinski definition) is 0. The fraction of sp³-hybridized carbons (Fsp3) is 0.143. The second-order valence-electron chi connectivity index (χ2n) is 2.25. The van der Waals surface area contributed by atoms with Crippen LogP contribution in [0.1, 0.15) is 0 Å². The van der Waals surface area contributed by atoms with Gasteiger partial charge in [-0.05, 0) is 0 Å². The molecule has 0 spiro atoms. The Balaban J connectivity index is 3.08. The summed E-state index contributed by atoms with van der Waals surface area (Å²) in [5, 5.41) is 0.0781. The van der Waals surface area contributed by atoms with Gasteiger partial charge in [0.2, 0.25) is 15.0 Å². The molecule has 0 saturated heterocycles. The first kappa shape index (κ1) is 10.1. The van der Waals surface area contributed by atoms with Crippen LogP contribution >= 0.6 is 11.6 Å². The molecule has 0 saturated carbocycles. The minimum absolute atomic E-state index is 0.172. The maximum atomic E-state index is 11.3. The zero-order valence-corrected chi connectivity index (χ0v) is 8.22. The van der Waals surface area contributed by atoms with Crippen LogP contribution in [-0.4, -0.2) is 24.1 Å². The fourth-order valence-electron chi connectivity index (χ4n) is 0.691. The molecule has 4 nitrogen and oxygen atoms in total. The fourth-order valence-corrected chi connectivity index (χ4v) is 1.67. The predicted molar refractivity (Wildman–Crippen MR) is 49.3 cm³/mol. The lowest BCUT2D eigenvalue weighted by atomic mass is 10.7. The van der Waals surface area contributed by atoms with Crippen molar-refractivity contribution in [3.8, 4) is 0 Å². The number of hydrogen-bond acceptors (Lipinski definition) is 4. The smallest absolute Gasteiger partial charge is 0.225 e. The third-order valence-electron chi connectivity index (χ3n) is 1.21. The Morgan fingerprint density at radius 2 is 2.00 bits per heavy atom. The second kappa shape index (κ2) is 3.85. The molecule has 1 aromatic heterocycles. The molecule has 0 aliphatic carbocycles. The highest BCUT2D eigenvalue weighted by atomic mass is 35.5. The van der Waals surface area contributed by atoms with Crippen molar-refractivity contribution in [2.75, 3.05) is 5.75 Å². The highest BCUT2D eigenvalue weighted by Crippen LogP contribution is 2.08. The van der Waals surface area contributed by atoms with E-state index in [1.807, 2.05) is 0 Å². The molecule has 0 N–H and O–H groups in total. The first-order valence-corrected chi connectivity index (χ1v) is 5.40. The van der Waals surface area contributed by atoms with Crippen LogP contribution in [0.5, 0.6) is 0 Å². The average Bonchev–Trinajstić information content (AvgIpc) is 2.05. The number of nitrogens with zero attached hydrogens (tertiary/aromatic N) is 2. The van der Waals surface area contributed by atoms with Gasteiger partial charge in [0.15, 0.2) is 0 Å². The lowest BCUT2D eigenvalue weighted by molar-refractivity contribution is 0.590. The number of halogens is 1. The topological polar surface area (TPSA) is 59.9 Å². The van der Waals surface area contributed by atoms with E-state index in [0.717, 1.165) is 0 Å². The number of sulfone groups is 1. The van der Waals surface area contributed by atoms with E-state index in [4.69, 9.17) is 11.6 Å². The minimum Gasteiger partial charge on any atom is -0.225 e. The monoisotopic (exact) mass is 218 g/mol. The molecule has 0 atom stereocenters. The predicted octanol–water partition coefficient (Wildman–Crippen LogP) is 1.09. The van der Waals surface area contributed by atoms with E-state index < -0.39 is 9.84 Å². The Morgan fingerprint density at radius 3 is 2.46 bits per heavy atom. The number of rotatable bonds is 3. The summed E-state index contributed by atoms with van der Waals surface area (Å²) in [6, 6.07) is 0. The van der Waals surface area contributed by atoms with Crippen molar-refractivity contribution < 1.29 is 8.42 Å². The van der Waals surface area contributed by atoms with Gasteiger partial charge in [-0.3, -0.25) is 0 Å². The molecular formula is C7H7ClN2O2S. The Bertz CT molecular complexity index is 399. The van der Waals surface area contributed by atoms with Gasteiger partial charge in [-0.15, -0.1) is 6.58 Å². The minimum atomic E-state index is -3.43. The van der Waals surface area contributed by atoms with Gasteiger partial charge in [-0.2, -0.15) is 0 Å². The Labute approximate surface area is 81.2 Å². The van der Waals surface area contributed by atoms with Crippen LogP contribution in [-0.2, 0) is 9.84 Å². The highest BCUT2D eigenvalue weighted by Gasteiger charge is 2.14. The van der Waals surface area contributed by atoms with Gasteiger partial charge in [0.25, 0.3) is 0 Å². The summed E-state index contributed by atoms with van der Waals surface area (Å²) in [6.07, 6.45) is 3.77. The van der Waals surface area contributed by atoms with Gasteiger partial charge >= 0.3 is 0 Å². The Hall–Kier alpha value is -0.940. The van der Waals surface area contributed by atoms with Gasteiger partial charge in [-0.25, -0.2) is 18.4 Å². The van der Waals surface area contributed by atoms with Crippen molar-refractivity contribution in [2.45, 2.75) is 5.16 Å². The molecule has 1 aromatic rings. The molecule has 70 valence electrons. The highest BCUT2D eigenvalue weighted by molar-refractivity contribution is 7.91. The number of aromatic nitrogens is 2. The summed E-state index contributed by atoms with van der Waals surface area (Å²) in [7, 11) is -3.43. The summed E-state index contributed by atoms with van der Waals surface area (Å²) in [5.41, 5.74) is 0. The van der Waals surface area contributed by atoms with E-state index in [0.29, 0.717) is 5.02 Å². The first-order valence-electron chi connectivity index (χ1n) is 3.37. The van der Waals surface area contributed by atoms with Crippen LogP contribution in [0.25, 0.3) is 0 Å². The molecule has 0 aliphatic rings. The standard InChI is InChI=1S/C7H7ClN2O2S/c1-2-3-13(11,12)7-9-4-6(8)5-10-7/h2,4-5H,1,3H2. The zero-order chi connectivity index (χ0) is 9.90. The Kier molecular flexibility index (Phi) is 3.00. The van der Waals surface area contributed by atoms with Crippen LogP contribution in [0.2, 0.25) is 5.02 Å². The SMILES string of the molecule is C=CCS(=O)(=O)c1ncc(Cl)cn1. The Morgan fingerprint density at radius 1 is 1.46 bits per heavy atom. The van der Waals surface area contributed by atoms with E-state index in [1.165, 1.54) is 18.5 Å². The van der Waals surface area contributed by atoms with Gasteiger partial charge in [0.05, 0.1) is 23.2 Å². The van der Waals surface area contributed by atoms with Gasteiger partial charge in [0.1, 0.15) is 0 Å². The molecule has 13 heavy (non-hydrogen) atoms. The van der Waals surface area contributed by atoms with Crippen molar-refractivity contribution in [3.05, 3.63) is 30.1 Å². The second-order valence-corrected chi connectivity index (χ2v) is 4.62. The van der Waals surface area contributed by atoms with Crippen LogP contribution in [0.4, 0.5) is 0 Å². The van der Waals surface area contributed by atoms with Gasteiger partial charge in [0, 0.05) is 0 Å². The molecule has 0 aromatic carbocycles. The molecule has 0 fully saturated rings. The van der Waals surface area contributed by atoms with Crippen molar-refractivity contribution >= 4 is 21.4 Å². The van der Waals surface area contributed by atoms with Crippen LogP contribution in [0.15, 0.2) is 30.2 Å². The molecule has 0 radical (unpaired) electrons. The summed E-state index contributed by atoms with van der Waals surface area (Å²) in [5.74, 6) is -0.172. The van der Waals surface area contributed by atoms with E-state index in [2.05, 4.69) is 16.5 Å². The van der Waals surface area contributed by atoms with Crippen molar-refractivity contribution in [1.29, 1.82) is 0 Å². The van der Waals surface area contributed by atoms with Crippen LogP contribution in [0, 0.1) is 0 Å². The largest absolute Gasteiger partial charge is 0.247 e. The molecule has 6 heteroatoms. The van der Waals surface area contributed by atoms with Crippen molar-refractivity contribution in [1.82, 2.24) is 9.97 Å². The zero-order valence-electron chi connectivity index (χ0n) is 6.64. The van der Waals surface area contributed by atoms with E-state index in [-0.39, 0.29) is 10.9 Å². The van der Waals surface area contributed by atoms with Crippen molar-refractivity contribution in [3.63, 3.8) is 0 Å². The van der Waals surface area contributed by atoms with Crippen molar-refractivity contribution in [2.24, 2.45) is 0 Å². The lowest BCUT2D eigenvalue weighted by Gasteiger charge is -1.97. The van der Waals surface area contributed by atoms with E-state index in [1.54, 1.807) is 0 Å². The molecule has 0 amide bonds. The molecule has 0 bridgehead atoms. The quantitative estimate of drug-likeness (QED) is 0.563. The normalized spacial score (nSPS) is 11.2. The lowest BCUT2D eigenvalue weighted by Crippen LogP contribution is -2.08. The van der Waals surface area contributed by atoms with Crippen LogP contribution < -0.4 is 0 Å². The van der Waals surface area contributed by atoms with Gasteiger partial charge < -0.3 is 0 Å². The third kappa shape index (κ3) is 2.50. The molecule has 0 unspecified atom stereocenters. The van der Waals surface area contributed by atoms with E-state index in [9.17, 15) is 8.42 Å². The molecule has 1 heterocycles. The first-order chi connectivity index (χ1) is 6.06. The maximum Gasteiger partial charge on any atom is 0.247 e. The van der Waals surface area contributed by atoms with E-state index >= 15 is 0 Å². The molecular weight excluding hydrogens is 212 g/mol. The maximum absolute atomic E-state index is 11.3. The summed E-state index contributed by atoms with van der Waals surface area (Å²) in [6.45, 7) is 3.33. The summed E-state index contributed by atoms with van der Waals surface area (Å²) < 4.78 is 22.6. The van der Waals surface area contributed by atoms with Gasteiger partial charge in [-0.1, -0.05) is 17.7 Å².